The van der Waals surface area contributed by atoms with Gasteiger partial charge in [-0.3, -0.25) is 0 Å². The van der Waals surface area contributed by atoms with E-state index in [0.29, 0.717) is 0 Å². The summed E-state index contributed by atoms with van der Waals surface area (Å²) < 4.78 is 6.00. The fraction of sp³-hybridized carbons (Fsp3) is 0.500. The van der Waals surface area contributed by atoms with E-state index in [4.69, 9.17) is 4.74 Å². The van der Waals surface area contributed by atoms with Crippen LogP contribution in [0.5, 0.6) is 0 Å². The van der Waals surface area contributed by atoms with E-state index < -0.39 is 0 Å². The Morgan fingerprint density at radius 2 is 1.77 bits per heavy atom. The van der Waals surface area contributed by atoms with E-state index in [1.54, 1.807) is 6.08 Å². The second-order valence-electron chi connectivity index (χ2n) is 5.72. The van der Waals surface area contributed by atoms with Crippen molar-refractivity contribution < 1.29 is 4.74 Å². The number of nitrogens with one attached hydrogen (secondary N) is 1. The first kappa shape index (κ1) is 20.5. The normalized spacial score (nSPS) is 12.1. The quantitative estimate of drug-likeness (QED) is 0.215. The predicted molar refractivity (Wildman–Crippen MR) is 99.0 cm³/mol. The summed E-state index contributed by atoms with van der Waals surface area (Å²) in [6, 6.07) is 0. The Morgan fingerprint density at radius 3 is 2.32 bits per heavy atom. The monoisotopic (exact) mass is 303 g/mol. The third-order valence-corrected chi connectivity index (χ3v) is 3.25. The van der Waals surface area contributed by atoms with Crippen LogP contribution in [0.25, 0.3) is 0 Å². The molecule has 0 aromatic carbocycles. The minimum atomic E-state index is 0.739. The summed E-state index contributed by atoms with van der Waals surface area (Å²) in [5.74, 6) is 0.894. The molecular formula is C20H33NO. The molecule has 0 amide bonds. The number of hydrogen-bond acceptors (Lipinski definition) is 2. The molecule has 0 fully saturated rings. The van der Waals surface area contributed by atoms with Crippen molar-refractivity contribution in [1.82, 2.24) is 5.32 Å². The number of ether oxygens (including phenoxy) is 1. The lowest BCUT2D eigenvalue weighted by atomic mass is 10.00. The summed E-state index contributed by atoms with van der Waals surface area (Å²) in [7, 11) is 1.99. The van der Waals surface area contributed by atoms with E-state index in [-0.39, 0.29) is 0 Å². The average Bonchev–Trinajstić information content (AvgIpc) is 2.47. The van der Waals surface area contributed by atoms with E-state index in [1.807, 2.05) is 33.0 Å². The zero-order valence-electron chi connectivity index (χ0n) is 14.7. The van der Waals surface area contributed by atoms with Crippen LogP contribution in [0, 0.1) is 0 Å². The van der Waals surface area contributed by atoms with Gasteiger partial charge in [-0.2, -0.15) is 0 Å². The Kier molecular flexibility index (Phi) is 12.2. The van der Waals surface area contributed by atoms with Crippen LogP contribution in [0.4, 0.5) is 0 Å². The number of allylic oxidation sites excluding steroid dienone is 6. The van der Waals surface area contributed by atoms with Crippen LogP contribution in [0.3, 0.4) is 0 Å². The van der Waals surface area contributed by atoms with E-state index in [1.165, 1.54) is 19.3 Å². The van der Waals surface area contributed by atoms with Crippen LogP contribution in [-0.2, 0) is 4.74 Å². The Balaban J connectivity index is 4.61. The SMILES string of the molecule is C=C/C=C\C(OCCCCCCNC)=C(/CC(=C)C)C(=C)C. The molecule has 1 N–H and O–H groups in total. The molecule has 0 radical (unpaired) electrons. The van der Waals surface area contributed by atoms with Gasteiger partial charge in [-0.25, -0.2) is 0 Å². The standard InChI is InChI=1S/C20H33NO/c1-7-8-13-20(19(18(4)5)16-17(2)3)22-15-12-10-9-11-14-21-6/h7-8,13,21H,1-2,4,9-12,14-16H2,3,5-6H3/b13-8-,20-19-. The molecule has 2 nitrogen and oxygen atoms in total. The van der Waals surface area contributed by atoms with Gasteiger partial charge in [0.1, 0.15) is 5.76 Å². The van der Waals surface area contributed by atoms with Crippen molar-refractivity contribution in [2.45, 2.75) is 46.0 Å². The molecular weight excluding hydrogens is 270 g/mol. The van der Waals surface area contributed by atoms with Crippen molar-refractivity contribution in [3.8, 4) is 0 Å². The predicted octanol–water partition coefficient (Wildman–Crippen LogP) is 5.32. The average molecular weight is 303 g/mol. The van der Waals surface area contributed by atoms with Crippen LogP contribution >= 0.6 is 0 Å². The maximum atomic E-state index is 6.00. The van der Waals surface area contributed by atoms with Crippen molar-refractivity contribution in [1.29, 1.82) is 0 Å². The van der Waals surface area contributed by atoms with E-state index >= 15 is 0 Å². The van der Waals surface area contributed by atoms with Crippen LogP contribution in [-0.4, -0.2) is 20.2 Å². The largest absolute Gasteiger partial charge is 0.493 e. The molecule has 0 aliphatic heterocycles. The molecule has 22 heavy (non-hydrogen) atoms. The lowest BCUT2D eigenvalue weighted by Gasteiger charge is -2.14. The second kappa shape index (κ2) is 13.1. The molecule has 0 rings (SSSR count). The molecule has 0 saturated carbocycles. The van der Waals surface area contributed by atoms with Gasteiger partial charge in [-0.1, -0.05) is 55.9 Å². The van der Waals surface area contributed by atoms with Gasteiger partial charge in [0.2, 0.25) is 0 Å². The zero-order valence-corrected chi connectivity index (χ0v) is 14.7. The first-order valence-corrected chi connectivity index (χ1v) is 8.12. The molecule has 2 heteroatoms. The molecule has 0 atom stereocenters. The molecule has 0 saturated heterocycles. The number of rotatable bonds is 13. The highest BCUT2D eigenvalue weighted by molar-refractivity contribution is 5.37. The highest BCUT2D eigenvalue weighted by atomic mass is 16.5. The maximum absolute atomic E-state index is 6.00. The Labute approximate surface area is 137 Å². The van der Waals surface area contributed by atoms with Crippen LogP contribution in [0.1, 0.15) is 46.0 Å². The highest BCUT2D eigenvalue weighted by Crippen LogP contribution is 2.23. The first-order valence-electron chi connectivity index (χ1n) is 8.12. The summed E-state index contributed by atoms with van der Waals surface area (Å²) in [5, 5.41) is 3.17. The Bertz CT molecular complexity index is 415. The third-order valence-electron chi connectivity index (χ3n) is 3.25. The summed E-state index contributed by atoms with van der Waals surface area (Å²) in [6.45, 7) is 17.7. The van der Waals surface area contributed by atoms with Crippen LogP contribution in [0.15, 0.2) is 60.4 Å². The topological polar surface area (TPSA) is 21.3 Å². The molecule has 0 spiro atoms. The van der Waals surface area contributed by atoms with Gasteiger partial charge < -0.3 is 10.1 Å². The fourth-order valence-corrected chi connectivity index (χ4v) is 2.08. The Hall–Kier alpha value is -1.54. The molecule has 0 aromatic heterocycles. The van der Waals surface area contributed by atoms with Gasteiger partial charge in [0.15, 0.2) is 0 Å². The molecule has 124 valence electrons. The molecule has 0 heterocycles. The molecule has 0 aliphatic rings. The van der Waals surface area contributed by atoms with E-state index in [2.05, 4.69) is 25.1 Å². The maximum Gasteiger partial charge on any atom is 0.123 e. The van der Waals surface area contributed by atoms with Gasteiger partial charge in [0.25, 0.3) is 0 Å². The summed E-state index contributed by atoms with van der Waals surface area (Å²) >= 11 is 0. The third kappa shape index (κ3) is 10.2. The summed E-state index contributed by atoms with van der Waals surface area (Å²) in [6.07, 6.45) is 11.2. The Morgan fingerprint density at radius 1 is 1.09 bits per heavy atom. The van der Waals surface area contributed by atoms with Gasteiger partial charge in [-0.05, 0) is 52.8 Å². The lowest BCUT2D eigenvalue weighted by molar-refractivity contribution is 0.213. The number of unbranched alkanes of at least 4 members (excludes halogenated alkanes) is 3. The van der Waals surface area contributed by atoms with Gasteiger partial charge in [0, 0.05) is 5.57 Å². The lowest BCUT2D eigenvalue weighted by Crippen LogP contribution is -2.07. The van der Waals surface area contributed by atoms with Crippen LogP contribution in [0.2, 0.25) is 0 Å². The van der Waals surface area contributed by atoms with Crippen molar-refractivity contribution in [2.75, 3.05) is 20.2 Å². The van der Waals surface area contributed by atoms with Gasteiger partial charge in [0.05, 0.1) is 6.61 Å². The van der Waals surface area contributed by atoms with Crippen molar-refractivity contribution in [3.63, 3.8) is 0 Å². The molecule has 0 aromatic rings. The fourth-order valence-electron chi connectivity index (χ4n) is 2.08. The minimum absolute atomic E-state index is 0.739. The van der Waals surface area contributed by atoms with Crippen molar-refractivity contribution in [2.24, 2.45) is 0 Å². The van der Waals surface area contributed by atoms with Gasteiger partial charge in [-0.15, -0.1) is 0 Å². The van der Waals surface area contributed by atoms with Crippen LogP contribution < -0.4 is 5.32 Å². The number of hydrogen-bond donors (Lipinski definition) is 1. The highest BCUT2D eigenvalue weighted by Gasteiger charge is 2.07. The smallest absolute Gasteiger partial charge is 0.123 e. The van der Waals surface area contributed by atoms with E-state index in [0.717, 1.165) is 48.5 Å². The minimum Gasteiger partial charge on any atom is -0.493 e. The van der Waals surface area contributed by atoms with Crippen molar-refractivity contribution in [3.05, 3.63) is 60.4 Å². The van der Waals surface area contributed by atoms with E-state index in [9.17, 15) is 0 Å². The molecule has 0 unspecified atom stereocenters. The zero-order chi connectivity index (χ0) is 16.8. The first-order chi connectivity index (χ1) is 10.5. The van der Waals surface area contributed by atoms with Gasteiger partial charge >= 0.3 is 0 Å². The molecule has 0 bridgehead atoms. The second-order valence-corrected chi connectivity index (χ2v) is 5.72. The molecule has 0 aliphatic carbocycles. The summed E-state index contributed by atoms with van der Waals surface area (Å²) in [5.41, 5.74) is 3.26. The van der Waals surface area contributed by atoms with Crippen molar-refractivity contribution >= 4 is 0 Å². The summed E-state index contributed by atoms with van der Waals surface area (Å²) in [4.78, 5) is 0.